The van der Waals surface area contributed by atoms with E-state index in [-0.39, 0.29) is 19.0 Å². The van der Waals surface area contributed by atoms with E-state index in [2.05, 4.69) is 5.32 Å². The van der Waals surface area contributed by atoms with Gasteiger partial charge in [-0.2, -0.15) is 0 Å². The highest BCUT2D eigenvalue weighted by Gasteiger charge is 2.34. The van der Waals surface area contributed by atoms with Crippen LogP contribution in [0.3, 0.4) is 0 Å². The zero-order valence-corrected chi connectivity index (χ0v) is 16.1. The summed E-state index contributed by atoms with van der Waals surface area (Å²) in [6.07, 6.45) is 1.54. The number of amides is 3. The quantitative estimate of drug-likeness (QED) is 0.600. The van der Waals surface area contributed by atoms with Crippen LogP contribution in [0.2, 0.25) is 10.0 Å². The van der Waals surface area contributed by atoms with Gasteiger partial charge in [-0.15, -0.1) is 0 Å². The Hall–Kier alpha value is -2.90. The number of methoxy groups -OCH3 is 1. The highest BCUT2D eigenvalue weighted by atomic mass is 35.5. The zero-order valence-electron chi connectivity index (χ0n) is 14.6. The fourth-order valence-electron chi connectivity index (χ4n) is 2.92. The van der Waals surface area contributed by atoms with E-state index in [0.717, 1.165) is 4.90 Å². The Bertz CT molecular complexity index is 1020. The van der Waals surface area contributed by atoms with Crippen molar-refractivity contribution >= 4 is 41.2 Å². The van der Waals surface area contributed by atoms with Crippen molar-refractivity contribution in [1.29, 1.82) is 0 Å². The van der Waals surface area contributed by atoms with Crippen LogP contribution in [0.4, 0.5) is 4.79 Å². The largest absolute Gasteiger partial charge is 0.496 e. The Kier molecular flexibility index (Phi) is 4.78. The van der Waals surface area contributed by atoms with Crippen molar-refractivity contribution in [2.24, 2.45) is 0 Å². The molecule has 1 saturated heterocycles. The molecule has 1 fully saturated rings. The highest BCUT2D eigenvalue weighted by Crippen LogP contribution is 2.39. The van der Waals surface area contributed by atoms with E-state index in [1.165, 1.54) is 13.2 Å². The van der Waals surface area contributed by atoms with Gasteiger partial charge < -0.3 is 19.5 Å². The number of benzene rings is 2. The van der Waals surface area contributed by atoms with Crippen LogP contribution in [0.25, 0.3) is 6.08 Å². The smallest absolute Gasteiger partial charge is 0.329 e. The van der Waals surface area contributed by atoms with Gasteiger partial charge in [0.1, 0.15) is 11.4 Å². The van der Waals surface area contributed by atoms with Gasteiger partial charge in [-0.25, -0.2) is 4.79 Å². The van der Waals surface area contributed by atoms with Crippen LogP contribution in [0.15, 0.2) is 36.0 Å². The van der Waals surface area contributed by atoms with Crippen LogP contribution in [-0.4, -0.2) is 30.7 Å². The van der Waals surface area contributed by atoms with Crippen LogP contribution < -0.4 is 19.5 Å². The molecule has 0 aliphatic carbocycles. The molecule has 2 aliphatic rings. The van der Waals surface area contributed by atoms with Gasteiger partial charge in [0.05, 0.1) is 23.7 Å². The van der Waals surface area contributed by atoms with E-state index in [0.29, 0.717) is 38.4 Å². The molecule has 0 radical (unpaired) electrons. The third kappa shape index (κ3) is 3.34. The molecule has 0 atom stereocenters. The predicted molar refractivity (Wildman–Crippen MR) is 103 cm³/mol. The minimum atomic E-state index is -0.526. The van der Waals surface area contributed by atoms with Crippen LogP contribution in [0, 0.1) is 0 Å². The molecule has 0 aromatic heterocycles. The van der Waals surface area contributed by atoms with Gasteiger partial charge in [0.15, 0.2) is 11.5 Å². The number of imide groups is 1. The lowest BCUT2D eigenvalue weighted by Gasteiger charge is -2.12. The SMILES string of the molecule is COc1cc2c(cc1/C=C1/NC(=O)N(Cc3ccc(Cl)c(Cl)c3)C1=O)OCO2. The topological polar surface area (TPSA) is 77.1 Å². The molecule has 4 rings (SSSR count). The minimum absolute atomic E-state index is 0.0666. The summed E-state index contributed by atoms with van der Waals surface area (Å²) in [5.74, 6) is 1.12. The monoisotopic (exact) mass is 420 g/mol. The Balaban J connectivity index is 1.61. The molecule has 0 unspecified atom stereocenters. The van der Waals surface area contributed by atoms with Crippen molar-refractivity contribution in [2.45, 2.75) is 6.54 Å². The van der Waals surface area contributed by atoms with Crippen molar-refractivity contribution in [3.05, 3.63) is 57.2 Å². The second-order valence-electron chi connectivity index (χ2n) is 6.08. The number of ether oxygens (including phenoxy) is 3. The first-order valence-corrected chi connectivity index (χ1v) is 8.98. The molecular weight excluding hydrogens is 407 g/mol. The number of hydrogen-bond donors (Lipinski definition) is 1. The van der Waals surface area contributed by atoms with Crippen molar-refractivity contribution in [2.75, 3.05) is 13.9 Å². The predicted octanol–water partition coefficient (Wildman–Crippen LogP) is 3.82. The lowest BCUT2D eigenvalue weighted by atomic mass is 10.1. The summed E-state index contributed by atoms with van der Waals surface area (Å²) in [6, 6.07) is 7.77. The van der Waals surface area contributed by atoms with E-state index < -0.39 is 11.9 Å². The molecule has 2 heterocycles. The molecule has 0 spiro atoms. The summed E-state index contributed by atoms with van der Waals surface area (Å²) in [6.45, 7) is 0.183. The number of nitrogens with zero attached hydrogens (tertiary/aromatic N) is 1. The number of nitrogens with one attached hydrogen (secondary N) is 1. The average Bonchev–Trinajstić information content (AvgIpc) is 3.23. The van der Waals surface area contributed by atoms with E-state index in [9.17, 15) is 9.59 Å². The minimum Gasteiger partial charge on any atom is -0.496 e. The van der Waals surface area contributed by atoms with E-state index >= 15 is 0 Å². The van der Waals surface area contributed by atoms with E-state index in [1.54, 1.807) is 30.3 Å². The second kappa shape index (κ2) is 7.26. The van der Waals surface area contributed by atoms with Gasteiger partial charge in [-0.1, -0.05) is 29.3 Å². The molecule has 3 amide bonds. The third-order valence-electron chi connectivity index (χ3n) is 4.31. The number of halogens is 2. The molecule has 2 aliphatic heterocycles. The van der Waals surface area contributed by atoms with Gasteiger partial charge >= 0.3 is 6.03 Å². The van der Waals surface area contributed by atoms with Crippen molar-refractivity contribution < 1.29 is 23.8 Å². The van der Waals surface area contributed by atoms with Gasteiger partial charge in [0.25, 0.3) is 5.91 Å². The van der Waals surface area contributed by atoms with Crippen molar-refractivity contribution in [3.8, 4) is 17.2 Å². The molecule has 0 saturated carbocycles. The Morgan fingerprint density at radius 1 is 1.14 bits per heavy atom. The Morgan fingerprint density at radius 3 is 2.61 bits per heavy atom. The van der Waals surface area contributed by atoms with Crippen molar-refractivity contribution in [3.63, 3.8) is 0 Å². The summed E-state index contributed by atoms with van der Waals surface area (Å²) in [5, 5.41) is 3.33. The third-order valence-corrected chi connectivity index (χ3v) is 5.05. The normalized spacial score (nSPS) is 16.7. The second-order valence-corrected chi connectivity index (χ2v) is 6.89. The van der Waals surface area contributed by atoms with Crippen LogP contribution in [0.1, 0.15) is 11.1 Å². The highest BCUT2D eigenvalue weighted by molar-refractivity contribution is 6.42. The summed E-state index contributed by atoms with van der Waals surface area (Å²) in [4.78, 5) is 26.1. The fraction of sp³-hybridized carbons (Fsp3) is 0.158. The maximum absolute atomic E-state index is 12.7. The first kappa shape index (κ1) is 18.5. The molecule has 2 aromatic carbocycles. The molecule has 1 N–H and O–H groups in total. The molecule has 28 heavy (non-hydrogen) atoms. The summed E-state index contributed by atoms with van der Waals surface area (Å²) < 4.78 is 16.0. The number of carbonyl (C=O) groups excluding carboxylic acids is 2. The first-order chi connectivity index (χ1) is 13.5. The molecule has 144 valence electrons. The van der Waals surface area contributed by atoms with Crippen molar-refractivity contribution in [1.82, 2.24) is 10.2 Å². The molecule has 9 heteroatoms. The van der Waals surface area contributed by atoms with Crippen LogP contribution in [0.5, 0.6) is 17.2 Å². The van der Waals surface area contributed by atoms with Gasteiger partial charge in [0, 0.05) is 11.6 Å². The van der Waals surface area contributed by atoms with Crippen LogP contribution in [-0.2, 0) is 11.3 Å². The maximum atomic E-state index is 12.7. The summed E-state index contributed by atoms with van der Waals surface area (Å²) >= 11 is 11.9. The standard InChI is InChI=1S/C19H14Cl2N2O5/c1-26-15-7-17-16(27-9-28-17)6-11(15)5-14-18(24)23(19(25)22-14)8-10-2-3-12(20)13(21)4-10/h2-7H,8-9H2,1H3,(H,22,25)/b14-5+. The number of fused-ring (bicyclic) bond motifs is 1. The summed E-state index contributed by atoms with van der Waals surface area (Å²) in [7, 11) is 1.51. The zero-order chi connectivity index (χ0) is 19.8. The number of urea groups is 1. The molecule has 2 aromatic rings. The van der Waals surface area contributed by atoms with Gasteiger partial charge in [0.2, 0.25) is 6.79 Å². The van der Waals surface area contributed by atoms with E-state index in [4.69, 9.17) is 37.4 Å². The molecule has 7 nitrogen and oxygen atoms in total. The molecular formula is C19H14Cl2N2O5. The maximum Gasteiger partial charge on any atom is 0.329 e. The fourth-order valence-corrected chi connectivity index (χ4v) is 3.24. The number of carbonyl (C=O) groups is 2. The summed E-state index contributed by atoms with van der Waals surface area (Å²) in [5.41, 5.74) is 1.38. The lowest BCUT2D eigenvalue weighted by Crippen LogP contribution is -2.30. The number of rotatable bonds is 4. The molecule has 0 bridgehead atoms. The van der Waals surface area contributed by atoms with Crippen LogP contribution >= 0.6 is 23.2 Å². The Morgan fingerprint density at radius 2 is 1.89 bits per heavy atom. The van der Waals surface area contributed by atoms with Gasteiger partial charge in [-0.05, 0) is 29.8 Å². The van der Waals surface area contributed by atoms with Gasteiger partial charge in [-0.3, -0.25) is 9.69 Å². The number of hydrogen-bond acceptors (Lipinski definition) is 5. The Labute approximate surface area is 170 Å². The lowest BCUT2D eigenvalue weighted by molar-refractivity contribution is -0.123. The first-order valence-electron chi connectivity index (χ1n) is 8.22. The average molecular weight is 421 g/mol. The van der Waals surface area contributed by atoms with E-state index in [1.807, 2.05) is 0 Å².